The molecule has 154 valence electrons. The third-order valence-electron chi connectivity index (χ3n) is 4.79. The van der Waals surface area contributed by atoms with Crippen molar-refractivity contribution in [2.45, 2.75) is 33.1 Å². The zero-order valence-corrected chi connectivity index (χ0v) is 16.2. The Morgan fingerprint density at radius 3 is 2.39 bits per heavy atom. The summed E-state index contributed by atoms with van der Waals surface area (Å²) >= 11 is 0. The van der Waals surface area contributed by atoms with E-state index in [1.54, 1.807) is 4.90 Å². The van der Waals surface area contributed by atoms with Crippen molar-refractivity contribution >= 4 is 17.8 Å². The maximum absolute atomic E-state index is 13.8. The van der Waals surface area contributed by atoms with Gasteiger partial charge in [-0.1, -0.05) is 13.8 Å². The Labute approximate surface area is 163 Å². The highest BCUT2D eigenvalue weighted by molar-refractivity contribution is 5.94. The smallest absolute Gasteiger partial charge is 0.305 e. The van der Waals surface area contributed by atoms with Crippen LogP contribution in [0.25, 0.3) is 0 Å². The van der Waals surface area contributed by atoms with Crippen LogP contribution >= 0.6 is 0 Å². The molecule has 1 N–H and O–H groups in total. The zero-order valence-electron chi connectivity index (χ0n) is 16.2. The summed E-state index contributed by atoms with van der Waals surface area (Å²) in [4.78, 5) is 39.2. The van der Waals surface area contributed by atoms with Crippen LogP contribution in [0.15, 0.2) is 18.2 Å². The number of carbonyl (C=O) groups is 3. The van der Waals surface area contributed by atoms with Crippen molar-refractivity contribution in [2.24, 2.45) is 11.8 Å². The number of likely N-dealkylation sites (tertiary alicyclic amines) is 1. The average molecular weight is 396 g/mol. The van der Waals surface area contributed by atoms with Crippen molar-refractivity contribution in [3.8, 4) is 0 Å². The molecule has 1 fully saturated rings. The SMILES string of the molecule is CC(C)CN(CCC(=O)O)C(=O)C1CCN(C(=O)c2ccc(F)cc2F)CC1. The molecule has 1 aromatic carbocycles. The Hall–Kier alpha value is -2.51. The number of halogens is 2. The van der Waals surface area contributed by atoms with Gasteiger partial charge in [0.2, 0.25) is 5.91 Å². The predicted octanol–water partition coefficient (Wildman–Crippen LogP) is 2.78. The van der Waals surface area contributed by atoms with E-state index in [1.165, 1.54) is 4.90 Å². The van der Waals surface area contributed by atoms with E-state index in [9.17, 15) is 23.2 Å². The molecule has 0 atom stereocenters. The first-order valence-electron chi connectivity index (χ1n) is 9.44. The first-order valence-corrected chi connectivity index (χ1v) is 9.44. The van der Waals surface area contributed by atoms with Crippen molar-refractivity contribution in [2.75, 3.05) is 26.2 Å². The number of aliphatic carboxylic acids is 1. The topological polar surface area (TPSA) is 77.9 Å². The summed E-state index contributed by atoms with van der Waals surface area (Å²) in [6.45, 7) is 5.14. The summed E-state index contributed by atoms with van der Waals surface area (Å²) in [6.07, 6.45) is 0.740. The molecule has 0 spiro atoms. The van der Waals surface area contributed by atoms with E-state index in [4.69, 9.17) is 5.11 Å². The fourth-order valence-corrected chi connectivity index (χ4v) is 3.38. The van der Waals surface area contributed by atoms with Crippen molar-refractivity contribution in [1.82, 2.24) is 9.80 Å². The monoisotopic (exact) mass is 396 g/mol. The van der Waals surface area contributed by atoms with Crippen molar-refractivity contribution in [3.63, 3.8) is 0 Å². The summed E-state index contributed by atoms with van der Waals surface area (Å²) in [5.41, 5.74) is -0.186. The second-order valence-electron chi connectivity index (χ2n) is 7.51. The highest BCUT2D eigenvalue weighted by atomic mass is 19.1. The second kappa shape index (κ2) is 9.61. The van der Waals surface area contributed by atoms with Crippen LogP contribution in [0, 0.1) is 23.5 Å². The van der Waals surface area contributed by atoms with Gasteiger partial charge in [-0.15, -0.1) is 0 Å². The number of hydrogen-bond acceptors (Lipinski definition) is 3. The van der Waals surface area contributed by atoms with Crippen molar-refractivity contribution in [3.05, 3.63) is 35.4 Å². The summed E-state index contributed by atoms with van der Waals surface area (Å²) in [7, 11) is 0. The summed E-state index contributed by atoms with van der Waals surface area (Å²) in [5.74, 6) is -3.31. The average Bonchev–Trinajstić information content (AvgIpc) is 2.64. The molecular weight excluding hydrogens is 370 g/mol. The molecule has 28 heavy (non-hydrogen) atoms. The van der Waals surface area contributed by atoms with Gasteiger partial charge in [0, 0.05) is 38.2 Å². The number of hydrogen-bond donors (Lipinski definition) is 1. The van der Waals surface area contributed by atoms with Gasteiger partial charge in [0.05, 0.1) is 12.0 Å². The minimum atomic E-state index is -0.955. The van der Waals surface area contributed by atoms with E-state index in [-0.39, 0.29) is 36.3 Å². The highest BCUT2D eigenvalue weighted by Gasteiger charge is 2.31. The number of nitrogens with zero attached hydrogens (tertiary/aromatic N) is 2. The van der Waals surface area contributed by atoms with Gasteiger partial charge in [-0.05, 0) is 30.9 Å². The van der Waals surface area contributed by atoms with Gasteiger partial charge in [-0.3, -0.25) is 14.4 Å². The van der Waals surface area contributed by atoms with Crippen molar-refractivity contribution in [1.29, 1.82) is 0 Å². The molecule has 0 saturated carbocycles. The summed E-state index contributed by atoms with van der Waals surface area (Å²) in [6, 6.07) is 2.84. The highest BCUT2D eigenvalue weighted by Crippen LogP contribution is 2.23. The van der Waals surface area contributed by atoms with Crippen LogP contribution in [0.1, 0.15) is 43.5 Å². The number of piperidine rings is 1. The van der Waals surface area contributed by atoms with Gasteiger partial charge in [-0.25, -0.2) is 8.78 Å². The first kappa shape index (κ1) is 21.8. The molecular formula is C20H26F2N2O4. The predicted molar refractivity (Wildman–Crippen MR) is 98.7 cm³/mol. The van der Waals surface area contributed by atoms with E-state index in [2.05, 4.69) is 0 Å². The quantitative estimate of drug-likeness (QED) is 0.769. The molecule has 2 rings (SSSR count). The molecule has 0 unspecified atom stereocenters. The maximum atomic E-state index is 13.8. The Morgan fingerprint density at radius 1 is 1.21 bits per heavy atom. The number of amides is 2. The molecule has 0 radical (unpaired) electrons. The van der Waals surface area contributed by atoms with E-state index in [1.807, 2.05) is 13.8 Å². The lowest BCUT2D eigenvalue weighted by atomic mass is 9.94. The van der Waals surface area contributed by atoms with Gasteiger partial charge in [-0.2, -0.15) is 0 Å². The Balaban J connectivity index is 1.97. The lowest BCUT2D eigenvalue weighted by molar-refractivity contribution is -0.140. The second-order valence-corrected chi connectivity index (χ2v) is 7.51. The van der Waals surface area contributed by atoms with Crippen LogP contribution in [0.5, 0.6) is 0 Å². The van der Waals surface area contributed by atoms with Gasteiger partial charge in [0.25, 0.3) is 5.91 Å². The number of rotatable bonds is 7. The lowest BCUT2D eigenvalue weighted by Gasteiger charge is -2.35. The van der Waals surface area contributed by atoms with Crippen LogP contribution in [0.2, 0.25) is 0 Å². The van der Waals surface area contributed by atoms with Gasteiger partial charge >= 0.3 is 5.97 Å². The number of carboxylic acids is 1. The first-order chi connectivity index (χ1) is 13.2. The number of carboxylic acid groups (broad SMARTS) is 1. The Kier molecular flexibility index (Phi) is 7.48. The molecule has 0 aliphatic carbocycles. The molecule has 0 aromatic heterocycles. The molecule has 1 aliphatic heterocycles. The van der Waals surface area contributed by atoms with Crippen LogP contribution in [-0.2, 0) is 9.59 Å². The Morgan fingerprint density at radius 2 is 1.86 bits per heavy atom. The molecule has 8 heteroatoms. The normalized spacial score (nSPS) is 15.0. The van der Waals surface area contributed by atoms with E-state index in [0.717, 1.165) is 12.1 Å². The third-order valence-corrected chi connectivity index (χ3v) is 4.79. The third kappa shape index (κ3) is 5.74. The lowest BCUT2D eigenvalue weighted by Crippen LogP contribution is -2.46. The molecule has 1 aromatic rings. The minimum Gasteiger partial charge on any atom is -0.481 e. The van der Waals surface area contributed by atoms with Crippen LogP contribution in [0.3, 0.4) is 0 Å². The molecule has 1 aliphatic rings. The molecule has 1 saturated heterocycles. The fraction of sp³-hybridized carbons (Fsp3) is 0.550. The largest absolute Gasteiger partial charge is 0.481 e. The van der Waals surface area contributed by atoms with Gasteiger partial charge in [0.1, 0.15) is 11.6 Å². The van der Waals surface area contributed by atoms with Crippen LogP contribution < -0.4 is 0 Å². The van der Waals surface area contributed by atoms with Gasteiger partial charge in [0.15, 0.2) is 0 Å². The number of carbonyl (C=O) groups excluding carboxylic acids is 2. The van der Waals surface area contributed by atoms with E-state index >= 15 is 0 Å². The minimum absolute atomic E-state index is 0.102. The van der Waals surface area contributed by atoms with Gasteiger partial charge < -0.3 is 14.9 Å². The van der Waals surface area contributed by atoms with Crippen LogP contribution in [-0.4, -0.2) is 58.9 Å². The standard InChI is InChI=1S/C20H26F2N2O4/c1-13(2)12-24(10-7-18(25)26)19(27)14-5-8-23(9-6-14)20(28)16-4-3-15(21)11-17(16)22/h3-4,11,13-14H,5-10,12H2,1-2H3,(H,25,26). The summed E-state index contributed by atoms with van der Waals surface area (Å²) in [5, 5.41) is 8.90. The summed E-state index contributed by atoms with van der Waals surface area (Å²) < 4.78 is 26.9. The molecule has 2 amide bonds. The molecule has 6 nitrogen and oxygen atoms in total. The Bertz CT molecular complexity index is 731. The molecule has 0 bridgehead atoms. The van der Waals surface area contributed by atoms with Crippen LogP contribution in [0.4, 0.5) is 8.78 Å². The number of benzene rings is 1. The van der Waals surface area contributed by atoms with Crippen molar-refractivity contribution < 1.29 is 28.3 Å². The van der Waals surface area contributed by atoms with E-state index < -0.39 is 23.5 Å². The molecule has 1 heterocycles. The fourth-order valence-electron chi connectivity index (χ4n) is 3.38. The van der Waals surface area contributed by atoms with E-state index in [0.29, 0.717) is 38.5 Å². The zero-order chi connectivity index (χ0) is 20.8. The maximum Gasteiger partial charge on any atom is 0.305 e.